The molecule has 3 aromatic heterocycles. The Balaban J connectivity index is 1.74. The van der Waals surface area contributed by atoms with Crippen LogP contribution in [-0.2, 0) is 13.0 Å². The zero-order chi connectivity index (χ0) is 21.4. The predicted octanol–water partition coefficient (Wildman–Crippen LogP) is 1.45. The first-order chi connectivity index (χ1) is 14.4. The van der Waals surface area contributed by atoms with Gasteiger partial charge in [-0.1, -0.05) is 6.07 Å². The minimum Gasteiger partial charge on any atom is -0.493 e. The van der Waals surface area contributed by atoms with Gasteiger partial charge in [-0.25, -0.2) is 14.5 Å². The molecule has 0 unspecified atom stereocenters. The van der Waals surface area contributed by atoms with Gasteiger partial charge >= 0.3 is 0 Å². The fourth-order valence-electron chi connectivity index (χ4n) is 3.83. The maximum Gasteiger partial charge on any atom is 0.168 e. The average Bonchev–Trinajstić information content (AvgIpc) is 3.24. The number of methoxy groups -OCH3 is 2. The van der Waals surface area contributed by atoms with Crippen molar-refractivity contribution in [2.45, 2.75) is 26.8 Å². The standard InChI is InChI=1S/C22H28N6O2/c1-14-15(2)27(10-9-26(3)4)21-20(14)22-24-19(25-28(22)13-23-21)12-16-7-8-17(29-5)18(11-16)30-6/h7-8,11,13H,9-10,12H2,1-6H3/p+1. The van der Waals surface area contributed by atoms with E-state index in [0.717, 1.165) is 41.2 Å². The van der Waals surface area contributed by atoms with E-state index in [1.807, 2.05) is 18.2 Å². The smallest absolute Gasteiger partial charge is 0.168 e. The lowest BCUT2D eigenvalue weighted by Gasteiger charge is -2.10. The van der Waals surface area contributed by atoms with Crippen LogP contribution in [0.1, 0.15) is 22.6 Å². The second kappa shape index (κ2) is 7.95. The quantitative estimate of drug-likeness (QED) is 0.500. The number of nitrogens with one attached hydrogen (secondary N) is 1. The van der Waals surface area contributed by atoms with Crippen LogP contribution in [0.15, 0.2) is 24.5 Å². The molecule has 3 heterocycles. The number of nitrogens with zero attached hydrogens (tertiary/aromatic N) is 5. The highest BCUT2D eigenvalue weighted by molar-refractivity contribution is 5.93. The van der Waals surface area contributed by atoms with Gasteiger partial charge in [-0.05, 0) is 37.1 Å². The Morgan fingerprint density at radius 2 is 1.80 bits per heavy atom. The third kappa shape index (κ3) is 3.47. The molecule has 0 fully saturated rings. The van der Waals surface area contributed by atoms with Crippen molar-refractivity contribution in [3.05, 3.63) is 47.2 Å². The molecule has 0 saturated carbocycles. The van der Waals surface area contributed by atoms with Crippen molar-refractivity contribution in [1.82, 2.24) is 24.1 Å². The zero-order valence-electron chi connectivity index (χ0n) is 18.5. The van der Waals surface area contributed by atoms with E-state index in [0.29, 0.717) is 17.9 Å². The number of aryl methyl sites for hydroxylation is 1. The SMILES string of the molecule is COc1ccc(Cc2nc3c4c(C)c(C)n(CC[NH+](C)C)c4ncn3n2)cc1OC. The van der Waals surface area contributed by atoms with Crippen LogP contribution in [0.25, 0.3) is 16.7 Å². The number of quaternary nitrogens is 1. The molecule has 0 bridgehead atoms. The number of ether oxygens (including phenoxy) is 2. The first-order valence-corrected chi connectivity index (χ1v) is 10.1. The number of aromatic nitrogens is 5. The molecule has 0 spiro atoms. The Labute approximate surface area is 176 Å². The highest BCUT2D eigenvalue weighted by Gasteiger charge is 2.18. The topological polar surface area (TPSA) is 70.9 Å². The van der Waals surface area contributed by atoms with Crippen LogP contribution in [0.4, 0.5) is 0 Å². The summed E-state index contributed by atoms with van der Waals surface area (Å²) >= 11 is 0. The van der Waals surface area contributed by atoms with Crippen LogP contribution in [0, 0.1) is 13.8 Å². The molecule has 1 aromatic carbocycles. The van der Waals surface area contributed by atoms with Gasteiger partial charge in [0.2, 0.25) is 0 Å². The van der Waals surface area contributed by atoms with E-state index in [4.69, 9.17) is 19.4 Å². The molecule has 0 aliphatic carbocycles. The highest BCUT2D eigenvalue weighted by Crippen LogP contribution is 2.29. The van der Waals surface area contributed by atoms with Crippen molar-refractivity contribution >= 4 is 16.7 Å². The van der Waals surface area contributed by atoms with Crippen molar-refractivity contribution in [3.63, 3.8) is 0 Å². The van der Waals surface area contributed by atoms with Gasteiger partial charge in [0, 0.05) is 12.1 Å². The van der Waals surface area contributed by atoms with Gasteiger partial charge in [0.25, 0.3) is 0 Å². The summed E-state index contributed by atoms with van der Waals surface area (Å²) in [7, 11) is 7.60. The van der Waals surface area contributed by atoms with Crippen LogP contribution < -0.4 is 14.4 Å². The minimum absolute atomic E-state index is 0.603. The molecule has 4 rings (SSSR count). The molecule has 8 nitrogen and oxygen atoms in total. The number of fused-ring (bicyclic) bond motifs is 3. The Morgan fingerprint density at radius 1 is 1.03 bits per heavy atom. The van der Waals surface area contributed by atoms with Gasteiger partial charge < -0.3 is 18.9 Å². The molecule has 0 atom stereocenters. The molecule has 0 saturated heterocycles. The highest BCUT2D eigenvalue weighted by atomic mass is 16.5. The number of hydrogen-bond donors (Lipinski definition) is 1. The molecular weight excluding hydrogens is 380 g/mol. The Morgan fingerprint density at radius 3 is 2.50 bits per heavy atom. The van der Waals surface area contributed by atoms with Crippen LogP contribution in [0.5, 0.6) is 11.5 Å². The second-order valence-corrected chi connectivity index (χ2v) is 7.92. The molecule has 0 aliphatic heterocycles. The molecule has 0 aliphatic rings. The third-order valence-electron chi connectivity index (χ3n) is 5.64. The van der Waals surface area contributed by atoms with Gasteiger partial charge in [0.15, 0.2) is 23.0 Å². The fourth-order valence-corrected chi connectivity index (χ4v) is 3.83. The van der Waals surface area contributed by atoms with E-state index in [-0.39, 0.29) is 0 Å². The van der Waals surface area contributed by atoms with Crippen LogP contribution in [0.3, 0.4) is 0 Å². The number of benzene rings is 1. The van der Waals surface area contributed by atoms with E-state index in [9.17, 15) is 0 Å². The first kappa shape index (κ1) is 20.2. The van der Waals surface area contributed by atoms with E-state index in [1.165, 1.54) is 16.2 Å². The lowest BCUT2D eigenvalue weighted by Crippen LogP contribution is -3.06. The second-order valence-electron chi connectivity index (χ2n) is 7.92. The van der Waals surface area contributed by atoms with Crippen molar-refractivity contribution in [3.8, 4) is 11.5 Å². The van der Waals surface area contributed by atoms with Crippen LogP contribution >= 0.6 is 0 Å². The van der Waals surface area contributed by atoms with Gasteiger partial charge in [-0.15, -0.1) is 5.10 Å². The van der Waals surface area contributed by atoms with Crippen molar-refractivity contribution in [2.75, 3.05) is 34.9 Å². The lowest BCUT2D eigenvalue weighted by atomic mass is 10.1. The molecular formula is C22H29N6O2+. The summed E-state index contributed by atoms with van der Waals surface area (Å²) in [5.74, 6) is 2.16. The third-order valence-corrected chi connectivity index (χ3v) is 5.64. The van der Waals surface area contributed by atoms with Gasteiger partial charge in [-0.2, -0.15) is 0 Å². The predicted molar refractivity (Wildman–Crippen MR) is 116 cm³/mol. The lowest BCUT2D eigenvalue weighted by molar-refractivity contribution is -0.858. The van der Waals surface area contributed by atoms with E-state index in [2.05, 4.69) is 37.6 Å². The largest absolute Gasteiger partial charge is 0.493 e. The molecule has 4 aromatic rings. The van der Waals surface area contributed by atoms with Gasteiger partial charge in [0.1, 0.15) is 12.0 Å². The molecule has 0 radical (unpaired) electrons. The summed E-state index contributed by atoms with van der Waals surface area (Å²) in [5.41, 5.74) is 5.33. The van der Waals surface area contributed by atoms with Gasteiger partial charge in [0.05, 0.1) is 46.8 Å². The minimum atomic E-state index is 0.603. The van der Waals surface area contributed by atoms with E-state index >= 15 is 0 Å². The fraction of sp³-hybridized carbons (Fsp3) is 0.409. The van der Waals surface area contributed by atoms with Crippen molar-refractivity contribution in [2.24, 2.45) is 0 Å². The normalized spacial score (nSPS) is 11.7. The summed E-state index contributed by atoms with van der Waals surface area (Å²) in [6, 6.07) is 5.88. The van der Waals surface area contributed by atoms with Crippen LogP contribution in [-0.4, -0.2) is 59.0 Å². The van der Waals surface area contributed by atoms with Crippen LogP contribution in [0.2, 0.25) is 0 Å². The molecule has 30 heavy (non-hydrogen) atoms. The molecule has 1 N–H and O–H groups in total. The van der Waals surface area contributed by atoms with E-state index in [1.54, 1.807) is 25.1 Å². The number of hydrogen-bond acceptors (Lipinski definition) is 5. The molecule has 158 valence electrons. The van der Waals surface area contributed by atoms with Crippen molar-refractivity contribution in [1.29, 1.82) is 0 Å². The number of likely N-dealkylation sites (N-methyl/N-ethyl adjacent to an activating group) is 1. The maximum absolute atomic E-state index is 5.42. The summed E-state index contributed by atoms with van der Waals surface area (Å²) in [4.78, 5) is 11.0. The number of rotatable bonds is 7. The summed E-state index contributed by atoms with van der Waals surface area (Å²) in [6.45, 7) is 6.25. The first-order valence-electron chi connectivity index (χ1n) is 10.1. The summed E-state index contributed by atoms with van der Waals surface area (Å²) in [6.07, 6.45) is 2.37. The Bertz CT molecular complexity index is 1210. The zero-order valence-corrected chi connectivity index (χ0v) is 18.5. The summed E-state index contributed by atoms with van der Waals surface area (Å²) in [5, 5.41) is 5.75. The molecule has 0 amide bonds. The monoisotopic (exact) mass is 409 g/mol. The summed E-state index contributed by atoms with van der Waals surface area (Å²) < 4.78 is 14.8. The Hall–Kier alpha value is -3.13. The van der Waals surface area contributed by atoms with Gasteiger partial charge in [-0.3, -0.25) is 0 Å². The maximum atomic E-state index is 5.42. The average molecular weight is 410 g/mol. The molecule has 8 heteroatoms. The Kier molecular flexibility index (Phi) is 5.34. The van der Waals surface area contributed by atoms with E-state index < -0.39 is 0 Å². The van der Waals surface area contributed by atoms with Crippen molar-refractivity contribution < 1.29 is 14.4 Å².